The number of nitriles is 1. The molecule has 2 unspecified atom stereocenters. The molecule has 2 atom stereocenters. The molecule has 3 nitrogen and oxygen atoms in total. The fourth-order valence-corrected chi connectivity index (χ4v) is 4.54. The van der Waals surface area contributed by atoms with Crippen LogP contribution in [0.2, 0.25) is 0 Å². The highest BCUT2D eigenvalue weighted by atomic mass is 15.2. The molecule has 2 aliphatic carbocycles. The Kier molecular flexibility index (Phi) is 6.08. The van der Waals surface area contributed by atoms with Gasteiger partial charge in [0, 0.05) is 12.1 Å². The van der Waals surface area contributed by atoms with Crippen LogP contribution in [0, 0.1) is 17.2 Å². The average molecular weight is 291 g/mol. The number of rotatable bonds is 7. The van der Waals surface area contributed by atoms with Crippen molar-refractivity contribution in [3.63, 3.8) is 0 Å². The number of hydrogen-bond acceptors (Lipinski definition) is 3. The Morgan fingerprint density at radius 2 is 1.95 bits per heavy atom. The van der Waals surface area contributed by atoms with Crippen LogP contribution in [0.1, 0.15) is 72.1 Å². The minimum absolute atomic E-state index is 0.261. The minimum Gasteiger partial charge on any atom is -0.301 e. The lowest BCUT2D eigenvalue weighted by atomic mass is 9.85. The smallest absolute Gasteiger partial charge is 0.109 e. The van der Waals surface area contributed by atoms with E-state index in [9.17, 15) is 5.26 Å². The molecule has 0 amide bonds. The predicted octanol–water partition coefficient (Wildman–Crippen LogP) is 3.70. The minimum atomic E-state index is -0.261. The predicted molar refractivity (Wildman–Crippen MR) is 88.1 cm³/mol. The van der Waals surface area contributed by atoms with E-state index in [4.69, 9.17) is 0 Å². The maximum atomic E-state index is 9.74. The molecular formula is C18H33N3. The molecule has 0 saturated heterocycles. The topological polar surface area (TPSA) is 39.1 Å². The van der Waals surface area contributed by atoms with Gasteiger partial charge in [-0.1, -0.05) is 26.2 Å². The van der Waals surface area contributed by atoms with E-state index in [0.29, 0.717) is 12.0 Å². The molecule has 1 N–H and O–H groups in total. The quantitative estimate of drug-likeness (QED) is 0.777. The standard InChI is InChI=1S/C18H33N3/c1-4-21(17-9-5-6-10-17)13-11-16-8-7-12-18(16,14-19)20-15(2)3/h15-17,20H,4-13H2,1-3H3. The van der Waals surface area contributed by atoms with Crippen molar-refractivity contribution in [2.75, 3.05) is 13.1 Å². The van der Waals surface area contributed by atoms with Crippen LogP contribution in [0.25, 0.3) is 0 Å². The lowest BCUT2D eigenvalue weighted by molar-refractivity contribution is 0.177. The van der Waals surface area contributed by atoms with Crippen LogP contribution in [0.5, 0.6) is 0 Å². The highest BCUT2D eigenvalue weighted by molar-refractivity contribution is 5.14. The first kappa shape index (κ1) is 16.8. The molecule has 0 spiro atoms. The molecule has 2 saturated carbocycles. The van der Waals surface area contributed by atoms with Gasteiger partial charge < -0.3 is 4.90 Å². The van der Waals surface area contributed by atoms with Gasteiger partial charge in [0.1, 0.15) is 5.54 Å². The Morgan fingerprint density at radius 3 is 2.52 bits per heavy atom. The van der Waals surface area contributed by atoms with Gasteiger partial charge in [-0.25, -0.2) is 0 Å². The molecule has 2 aliphatic rings. The van der Waals surface area contributed by atoms with Gasteiger partial charge >= 0.3 is 0 Å². The molecule has 0 aromatic carbocycles. The van der Waals surface area contributed by atoms with Crippen LogP contribution >= 0.6 is 0 Å². The van der Waals surface area contributed by atoms with E-state index in [0.717, 1.165) is 19.0 Å². The summed E-state index contributed by atoms with van der Waals surface area (Å²) in [6.07, 6.45) is 10.2. The van der Waals surface area contributed by atoms with Crippen LogP contribution in [0.4, 0.5) is 0 Å². The van der Waals surface area contributed by atoms with Gasteiger partial charge in [0.15, 0.2) is 0 Å². The van der Waals surface area contributed by atoms with Crippen LogP contribution in [0.3, 0.4) is 0 Å². The van der Waals surface area contributed by atoms with Crippen molar-refractivity contribution in [2.45, 2.75) is 89.8 Å². The van der Waals surface area contributed by atoms with Gasteiger partial charge in [-0.2, -0.15) is 5.26 Å². The van der Waals surface area contributed by atoms with E-state index in [1.807, 2.05) is 0 Å². The first-order valence-corrected chi connectivity index (χ1v) is 9.04. The summed E-state index contributed by atoms with van der Waals surface area (Å²) in [6.45, 7) is 8.94. The molecule has 21 heavy (non-hydrogen) atoms. The first-order valence-electron chi connectivity index (χ1n) is 9.04. The van der Waals surface area contributed by atoms with Gasteiger partial charge in [-0.3, -0.25) is 5.32 Å². The summed E-state index contributed by atoms with van der Waals surface area (Å²) in [5.74, 6) is 0.528. The Morgan fingerprint density at radius 1 is 1.24 bits per heavy atom. The Labute approximate surface area is 131 Å². The van der Waals surface area contributed by atoms with E-state index in [2.05, 4.69) is 37.1 Å². The van der Waals surface area contributed by atoms with Crippen LogP contribution in [0.15, 0.2) is 0 Å². The Bertz CT molecular complexity index is 354. The highest BCUT2D eigenvalue weighted by Gasteiger charge is 2.43. The fraction of sp³-hybridized carbons (Fsp3) is 0.944. The number of nitrogens with zero attached hydrogens (tertiary/aromatic N) is 2. The zero-order chi connectivity index (χ0) is 15.3. The Hall–Kier alpha value is -0.590. The second-order valence-corrected chi connectivity index (χ2v) is 7.33. The second kappa shape index (κ2) is 7.61. The molecule has 0 radical (unpaired) electrons. The van der Waals surface area contributed by atoms with Gasteiger partial charge in [-0.05, 0) is 65.0 Å². The zero-order valence-corrected chi connectivity index (χ0v) is 14.2. The van der Waals surface area contributed by atoms with Crippen molar-refractivity contribution >= 4 is 0 Å². The van der Waals surface area contributed by atoms with Crippen LogP contribution in [-0.4, -0.2) is 35.6 Å². The van der Waals surface area contributed by atoms with E-state index in [-0.39, 0.29) is 5.54 Å². The summed E-state index contributed by atoms with van der Waals surface area (Å²) in [6, 6.07) is 3.84. The molecule has 2 fully saturated rings. The summed E-state index contributed by atoms with van der Waals surface area (Å²) in [5.41, 5.74) is -0.261. The lowest BCUT2D eigenvalue weighted by Gasteiger charge is -2.34. The van der Waals surface area contributed by atoms with Crippen LogP contribution < -0.4 is 5.32 Å². The van der Waals surface area contributed by atoms with Crippen molar-refractivity contribution in [1.29, 1.82) is 5.26 Å². The largest absolute Gasteiger partial charge is 0.301 e. The number of hydrogen-bond donors (Lipinski definition) is 1. The molecular weight excluding hydrogens is 258 g/mol. The lowest BCUT2D eigenvalue weighted by Crippen LogP contribution is -2.51. The van der Waals surface area contributed by atoms with Gasteiger partial charge in [-0.15, -0.1) is 0 Å². The van der Waals surface area contributed by atoms with Crippen molar-refractivity contribution in [3.8, 4) is 6.07 Å². The van der Waals surface area contributed by atoms with E-state index < -0.39 is 0 Å². The maximum absolute atomic E-state index is 9.74. The average Bonchev–Trinajstić information content (AvgIpc) is 3.10. The molecule has 120 valence electrons. The summed E-state index contributed by atoms with van der Waals surface area (Å²) in [4.78, 5) is 2.67. The van der Waals surface area contributed by atoms with Crippen LogP contribution in [-0.2, 0) is 0 Å². The van der Waals surface area contributed by atoms with Crippen molar-refractivity contribution in [2.24, 2.45) is 5.92 Å². The summed E-state index contributed by atoms with van der Waals surface area (Å²) < 4.78 is 0. The fourth-order valence-electron chi connectivity index (χ4n) is 4.54. The van der Waals surface area contributed by atoms with E-state index in [1.54, 1.807) is 0 Å². The third-order valence-electron chi connectivity index (χ3n) is 5.58. The SMILES string of the molecule is CCN(CCC1CCCC1(C#N)NC(C)C)C1CCCC1. The maximum Gasteiger partial charge on any atom is 0.109 e. The molecule has 0 bridgehead atoms. The zero-order valence-electron chi connectivity index (χ0n) is 14.2. The second-order valence-electron chi connectivity index (χ2n) is 7.33. The normalized spacial score (nSPS) is 30.4. The molecule has 3 heteroatoms. The van der Waals surface area contributed by atoms with Gasteiger partial charge in [0.25, 0.3) is 0 Å². The summed E-state index contributed by atoms with van der Waals surface area (Å²) in [7, 11) is 0. The summed E-state index contributed by atoms with van der Waals surface area (Å²) >= 11 is 0. The van der Waals surface area contributed by atoms with Crippen molar-refractivity contribution < 1.29 is 0 Å². The summed E-state index contributed by atoms with van der Waals surface area (Å²) in [5, 5.41) is 13.3. The van der Waals surface area contributed by atoms with Crippen molar-refractivity contribution in [1.82, 2.24) is 10.2 Å². The third-order valence-corrected chi connectivity index (χ3v) is 5.58. The monoisotopic (exact) mass is 291 g/mol. The number of nitrogens with one attached hydrogen (secondary N) is 1. The molecule has 0 heterocycles. The molecule has 0 aromatic heterocycles. The van der Waals surface area contributed by atoms with Crippen molar-refractivity contribution in [3.05, 3.63) is 0 Å². The molecule has 2 rings (SSSR count). The first-order chi connectivity index (χ1) is 10.1. The third kappa shape index (κ3) is 3.99. The molecule has 0 aliphatic heterocycles. The van der Waals surface area contributed by atoms with Gasteiger partial charge in [0.2, 0.25) is 0 Å². The van der Waals surface area contributed by atoms with E-state index >= 15 is 0 Å². The van der Waals surface area contributed by atoms with Gasteiger partial charge in [0.05, 0.1) is 6.07 Å². The highest BCUT2D eigenvalue weighted by Crippen LogP contribution is 2.38. The molecule has 0 aromatic rings. The Balaban J connectivity index is 1.92. The van der Waals surface area contributed by atoms with E-state index in [1.165, 1.54) is 51.5 Å².